The van der Waals surface area contributed by atoms with Gasteiger partial charge in [-0.05, 0) is 24.6 Å². The van der Waals surface area contributed by atoms with Crippen LogP contribution >= 0.6 is 23.2 Å². The van der Waals surface area contributed by atoms with Crippen molar-refractivity contribution < 1.29 is 4.92 Å². The first-order chi connectivity index (χ1) is 9.99. The van der Waals surface area contributed by atoms with Gasteiger partial charge in [0.25, 0.3) is 5.69 Å². The highest BCUT2D eigenvalue weighted by molar-refractivity contribution is 6.35. The molecule has 1 unspecified atom stereocenters. The molecule has 0 saturated heterocycles. The van der Waals surface area contributed by atoms with Gasteiger partial charge in [-0.15, -0.1) is 0 Å². The van der Waals surface area contributed by atoms with Crippen LogP contribution in [0.3, 0.4) is 0 Å². The maximum absolute atomic E-state index is 10.8. The van der Waals surface area contributed by atoms with Crippen LogP contribution in [0.5, 0.6) is 0 Å². The maximum Gasteiger partial charge on any atom is 0.269 e. The van der Waals surface area contributed by atoms with E-state index in [-0.39, 0.29) is 11.7 Å². The minimum absolute atomic E-state index is 0.0581. The SMILES string of the molecule is CC(NCc1c(Cl)cccc1Cl)c1cccc([N+](=O)[O-])c1. The summed E-state index contributed by atoms with van der Waals surface area (Å²) in [7, 11) is 0. The fourth-order valence-corrected chi connectivity index (χ4v) is 2.51. The minimum Gasteiger partial charge on any atom is -0.306 e. The van der Waals surface area contributed by atoms with Crippen molar-refractivity contribution in [2.45, 2.75) is 19.5 Å². The van der Waals surface area contributed by atoms with Gasteiger partial charge in [0.15, 0.2) is 0 Å². The Morgan fingerprint density at radius 2 is 1.81 bits per heavy atom. The summed E-state index contributed by atoms with van der Waals surface area (Å²) >= 11 is 12.2. The number of nitrogens with one attached hydrogen (secondary N) is 1. The number of halogens is 2. The van der Waals surface area contributed by atoms with Crippen LogP contribution < -0.4 is 5.32 Å². The molecule has 0 fully saturated rings. The molecule has 0 saturated carbocycles. The highest BCUT2D eigenvalue weighted by Gasteiger charge is 2.12. The van der Waals surface area contributed by atoms with Crippen LogP contribution in [-0.2, 0) is 6.54 Å². The summed E-state index contributed by atoms with van der Waals surface area (Å²) in [6, 6.07) is 11.8. The minimum atomic E-state index is -0.402. The number of hydrogen-bond donors (Lipinski definition) is 1. The quantitative estimate of drug-likeness (QED) is 0.637. The lowest BCUT2D eigenvalue weighted by atomic mass is 10.1. The molecule has 2 rings (SSSR count). The van der Waals surface area contributed by atoms with Gasteiger partial charge in [-0.1, -0.05) is 41.4 Å². The average Bonchev–Trinajstić information content (AvgIpc) is 2.46. The largest absolute Gasteiger partial charge is 0.306 e. The molecule has 6 heteroatoms. The highest BCUT2D eigenvalue weighted by Crippen LogP contribution is 2.25. The summed E-state index contributed by atoms with van der Waals surface area (Å²) < 4.78 is 0. The molecule has 0 heterocycles. The predicted octanol–water partition coefficient (Wildman–Crippen LogP) is 4.75. The Balaban J connectivity index is 2.10. The zero-order valence-electron chi connectivity index (χ0n) is 11.3. The second-order valence-electron chi connectivity index (χ2n) is 4.65. The van der Waals surface area contributed by atoms with Crippen LogP contribution in [0.15, 0.2) is 42.5 Å². The van der Waals surface area contributed by atoms with E-state index in [2.05, 4.69) is 5.32 Å². The smallest absolute Gasteiger partial charge is 0.269 e. The number of non-ortho nitro benzene ring substituents is 1. The molecule has 0 spiro atoms. The fraction of sp³-hybridized carbons (Fsp3) is 0.200. The molecule has 1 N–H and O–H groups in total. The van der Waals surface area contributed by atoms with E-state index in [1.165, 1.54) is 6.07 Å². The van der Waals surface area contributed by atoms with Crippen LogP contribution in [0, 0.1) is 10.1 Å². The molecule has 0 bridgehead atoms. The molecular formula is C15H14Cl2N2O2. The van der Waals surface area contributed by atoms with Gasteiger partial charge in [0.1, 0.15) is 0 Å². The standard InChI is InChI=1S/C15H14Cl2N2O2/c1-10(11-4-2-5-12(8-11)19(20)21)18-9-13-14(16)6-3-7-15(13)17/h2-8,10,18H,9H2,1H3. The van der Waals surface area contributed by atoms with E-state index in [0.29, 0.717) is 16.6 Å². The van der Waals surface area contributed by atoms with E-state index in [9.17, 15) is 10.1 Å². The van der Waals surface area contributed by atoms with Crippen molar-refractivity contribution in [1.82, 2.24) is 5.32 Å². The third kappa shape index (κ3) is 3.94. The lowest BCUT2D eigenvalue weighted by Crippen LogP contribution is -2.18. The molecular weight excluding hydrogens is 311 g/mol. The summed E-state index contributed by atoms with van der Waals surface area (Å²) in [6.45, 7) is 2.42. The summed E-state index contributed by atoms with van der Waals surface area (Å²) in [5.41, 5.74) is 1.74. The van der Waals surface area contributed by atoms with Crippen molar-refractivity contribution in [3.63, 3.8) is 0 Å². The van der Waals surface area contributed by atoms with Crippen LogP contribution in [-0.4, -0.2) is 4.92 Å². The maximum atomic E-state index is 10.8. The topological polar surface area (TPSA) is 55.2 Å². The van der Waals surface area contributed by atoms with Gasteiger partial charge in [0.2, 0.25) is 0 Å². The summed E-state index contributed by atoms with van der Waals surface area (Å²) in [4.78, 5) is 10.4. The van der Waals surface area contributed by atoms with Crippen molar-refractivity contribution in [3.05, 3.63) is 73.8 Å². The molecule has 0 aliphatic rings. The fourth-order valence-electron chi connectivity index (χ4n) is 1.98. The lowest BCUT2D eigenvalue weighted by molar-refractivity contribution is -0.384. The second-order valence-corrected chi connectivity index (χ2v) is 5.47. The van der Waals surface area contributed by atoms with Gasteiger partial charge in [-0.3, -0.25) is 10.1 Å². The van der Waals surface area contributed by atoms with Crippen molar-refractivity contribution in [2.75, 3.05) is 0 Å². The van der Waals surface area contributed by atoms with Crippen LogP contribution in [0.25, 0.3) is 0 Å². The Kier molecular flexibility index (Phi) is 5.17. The molecule has 0 aliphatic carbocycles. The monoisotopic (exact) mass is 324 g/mol. The van der Waals surface area contributed by atoms with Gasteiger partial charge in [0.05, 0.1) is 4.92 Å². The van der Waals surface area contributed by atoms with E-state index in [1.54, 1.807) is 30.3 Å². The number of rotatable bonds is 5. The van der Waals surface area contributed by atoms with Crippen LogP contribution in [0.1, 0.15) is 24.1 Å². The Labute approximate surface area is 132 Å². The number of benzene rings is 2. The zero-order chi connectivity index (χ0) is 15.4. The van der Waals surface area contributed by atoms with Gasteiger partial charge >= 0.3 is 0 Å². The van der Waals surface area contributed by atoms with Gasteiger partial charge < -0.3 is 5.32 Å². The zero-order valence-corrected chi connectivity index (χ0v) is 12.9. The molecule has 21 heavy (non-hydrogen) atoms. The average molecular weight is 325 g/mol. The molecule has 2 aromatic carbocycles. The molecule has 0 amide bonds. The second kappa shape index (κ2) is 6.89. The Bertz CT molecular complexity index is 642. The van der Waals surface area contributed by atoms with Crippen molar-refractivity contribution in [1.29, 1.82) is 0 Å². The van der Waals surface area contributed by atoms with E-state index >= 15 is 0 Å². The Hall–Kier alpha value is -1.62. The molecule has 1 atom stereocenters. The number of nitrogens with zero attached hydrogens (tertiary/aromatic N) is 1. The molecule has 2 aromatic rings. The first-order valence-corrected chi connectivity index (χ1v) is 7.15. The summed E-state index contributed by atoms with van der Waals surface area (Å²) in [5, 5.41) is 15.3. The van der Waals surface area contributed by atoms with E-state index in [1.807, 2.05) is 13.0 Å². The summed E-state index contributed by atoms with van der Waals surface area (Å²) in [6.07, 6.45) is 0. The summed E-state index contributed by atoms with van der Waals surface area (Å²) in [5.74, 6) is 0. The third-order valence-corrected chi connectivity index (χ3v) is 3.94. The van der Waals surface area contributed by atoms with E-state index in [0.717, 1.165) is 11.1 Å². The Morgan fingerprint density at radius 1 is 1.19 bits per heavy atom. The first-order valence-electron chi connectivity index (χ1n) is 6.39. The normalized spacial score (nSPS) is 12.1. The van der Waals surface area contributed by atoms with Crippen molar-refractivity contribution >= 4 is 28.9 Å². The lowest BCUT2D eigenvalue weighted by Gasteiger charge is -2.15. The molecule has 110 valence electrons. The van der Waals surface area contributed by atoms with Gasteiger partial charge in [-0.25, -0.2) is 0 Å². The molecule has 0 aliphatic heterocycles. The third-order valence-electron chi connectivity index (χ3n) is 3.23. The van der Waals surface area contributed by atoms with Crippen LogP contribution in [0.2, 0.25) is 10.0 Å². The predicted molar refractivity (Wildman–Crippen MR) is 84.8 cm³/mol. The first kappa shape index (κ1) is 15.8. The number of nitro benzene ring substituents is 1. The van der Waals surface area contributed by atoms with E-state index < -0.39 is 4.92 Å². The van der Waals surface area contributed by atoms with E-state index in [4.69, 9.17) is 23.2 Å². The number of nitro groups is 1. The van der Waals surface area contributed by atoms with Crippen molar-refractivity contribution in [2.24, 2.45) is 0 Å². The van der Waals surface area contributed by atoms with Gasteiger partial charge in [0, 0.05) is 40.3 Å². The van der Waals surface area contributed by atoms with Crippen molar-refractivity contribution in [3.8, 4) is 0 Å². The Morgan fingerprint density at radius 3 is 2.43 bits per heavy atom. The molecule has 0 aromatic heterocycles. The molecule has 4 nitrogen and oxygen atoms in total. The number of hydrogen-bond acceptors (Lipinski definition) is 3. The van der Waals surface area contributed by atoms with Crippen LogP contribution in [0.4, 0.5) is 5.69 Å². The molecule has 0 radical (unpaired) electrons. The van der Waals surface area contributed by atoms with Gasteiger partial charge in [-0.2, -0.15) is 0 Å². The highest BCUT2D eigenvalue weighted by atomic mass is 35.5.